The molecule has 2 aromatic rings. The molecule has 0 saturated carbocycles. The van der Waals surface area contributed by atoms with E-state index in [1.54, 1.807) is 13.8 Å². The zero-order chi connectivity index (χ0) is 20.3. The fourth-order valence-corrected chi connectivity index (χ4v) is 3.53. The van der Waals surface area contributed by atoms with Crippen LogP contribution in [0.1, 0.15) is 52.2 Å². The Morgan fingerprint density at radius 2 is 1.85 bits per heavy atom. The first-order valence-electron chi connectivity index (χ1n) is 8.05. The third-order valence-corrected chi connectivity index (χ3v) is 4.61. The average Bonchev–Trinajstić information content (AvgIpc) is 2.84. The number of benzene rings is 1. The van der Waals surface area contributed by atoms with Crippen LogP contribution >= 0.6 is 0 Å². The topological polar surface area (TPSA) is 91.1 Å². The highest BCUT2D eigenvalue weighted by molar-refractivity contribution is 6.01. The largest absolute Gasteiger partial charge is 0.418 e. The van der Waals surface area contributed by atoms with Crippen LogP contribution in [0.2, 0.25) is 0 Å². The number of rotatable bonds is 2. The van der Waals surface area contributed by atoms with Crippen LogP contribution in [0.5, 0.6) is 0 Å². The van der Waals surface area contributed by atoms with E-state index in [9.17, 15) is 27.2 Å². The van der Waals surface area contributed by atoms with Crippen molar-refractivity contribution in [3.05, 3.63) is 46.5 Å². The number of hydrogen-bond acceptors (Lipinski definition) is 3. The maximum atomic E-state index is 14.3. The van der Waals surface area contributed by atoms with Crippen molar-refractivity contribution in [2.24, 2.45) is 11.1 Å². The highest BCUT2D eigenvalue weighted by atomic mass is 19.4. The van der Waals surface area contributed by atoms with Gasteiger partial charge in [-0.1, -0.05) is 13.8 Å². The van der Waals surface area contributed by atoms with E-state index in [4.69, 9.17) is 11.5 Å². The van der Waals surface area contributed by atoms with Gasteiger partial charge in [-0.25, -0.2) is 4.39 Å². The van der Waals surface area contributed by atoms with E-state index in [0.717, 1.165) is 22.9 Å². The summed E-state index contributed by atoms with van der Waals surface area (Å²) in [7, 11) is 0. The summed E-state index contributed by atoms with van der Waals surface area (Å²) in [5.74, 6) is -2.75. The van der Waals surface area contributed by atoms with Crippen LogP contribution in [0, 0.1) is 11.2 Å². The summed E-state index contributed by atoms with van der Waals surface area (Å²) in [5.41, 5.74) is 7.99. The van der Waals surface area contributed by atoms with Gasteiger partial charge in [0.1, 0.15) is 5.82 Å². The van der Waals surface area contributed by atoms with Crippen molar-refractivity contribution in [2.45, 2.75) is 32.9 Å². The zero-order valence-corrected chi connectivity index (χ0v) is 14.6. The standard InChI is InChI=1S/C18H17F4N3O2/c1-17(2)5-12-14(13(26)6-17)9(18(20,21)22)7-25(12)8-3-10(19)15(16(24)27)11(23)4-8/h3-4,7H,5-6,23H2,1-2H3,(H2,24,27). The fraction of sp³-hybridized carbons (Fsp3) is 0.333. The van der Waals surface area contributed by atoms with Crippen LogP contribution in [0.25, 0.3) is 5.69 Å². The molecule has 0 atom stereocenters. The number of halogens is 4. The Morgan fingerprint density at radius 1 is 1.22 bits per heavy atom. The highest BCUT2D eigenvalue weighted by Gasteiger charge is 2.43. The summed E-state index contributed by atoms with van der Waals surface area (Å²) < 4.78 is 55.8. The molecule has 1 heterocycles. The smallest absolute Gasteiger partial charge is 0.398 e. The summed E-state index contributed by atoms with van der Waals surface area (Å²) in [4.78, 5) is 23.7. The molecule has 3 rings (SSSR count). The lowest BCUT2D eigenvalue weighted by atomic mass is 9.75. The van der Waals surface area contributed by atoms with Gasteiger partial charge in [-0.05, 0) is 24.0 Å². The number of amides is 1. The Hall–Kier alpha value is -2.84. The van der Waals surface area contributed by atoms with E-state index in [0.29, 0.717) is 0 Å². The molecule has 1 aliphatic carbocycles. The summed E-state index contributed by atoms with van der Waals surface area (Å²) in [6, 6.07) is 2.04. The minimum absolute atomic E-state index is 0.0211. The maximum absolute atomic E-state index is 14.3. The Kier molecular flexibility index (Phi) is 4.09. The van der Waals surface area contributed by atoms with E-state index in [1.165, 1.54) is 0 Å². The number of nitrogens with two attached hydrogens (primary N) is 2. The predicted molar refractivity (Wildman–Crippen MR) is 90.1 cm³/mol. The first-order chi connectivity index (χ1) is 12.3. The van der Waals surface area contributed by atoms with E-state index >= 15 is 0 Å². The number of primary amides is 1. The molecule has 0 aliphatic heterocycles. The summed E-state index contributed by atoms with van der Waals surface area (Å²) in [6.45, 7) is 3.53. The summed E-state index contributed by atoms with van der Waals surface area (Å²) in [6.07, 6.45) is -3.82. The second-order valence-corrected chi connectivity index (χ2v) is 7.43. The van der Waals surface area contributed by atoms with Gasteiger partial charge in [-0.2, -0.15) is 13.2 Å². The number of carbonyl (C=O) groups is 2. The van der Waals surface area contributed by atoms with Crippen LogP contribution in [0.15, 0.2) is 18.3 Å². The molecule has 0 bridgehead atoms. The molecule has 5 nitrogen and oxygen atoms in total. The molecule has 1 amide bonds. The van der Waals surface area contributed by atoms with Crippen molar-refractivity contribution in [1.29, 1.82) is 0 Å². The Labute approximate surface area is 151 Å². The van der Waals surface area contributed by atoms with Crippen LogP contribution in [0.3, 0.4) is 0 Å². The number of nitrogens with zero attached hydrogens (tertiary/aromatic N) is 1. The lowest BCUT2D eigenvalue weighted by Gasteiger charge is -2.30. The third kappa shape index (κ3) is 3.17. The van der Waals surface area contributed by atoms with Crippen molar-refractivity contribution in [2.75, 3.05) is 5.73 Å². The number of hydrogen-bond donors (Lipinski definition) is 2. The first-order valence-corrected chi connectivity index (χ1v) is 8.05. The molecule has 9 heteroatoms. The monoisotopic (exact) mass is 383 g/mol. The van der Waals surface area contributed by atoms with Crippen molar-refractivity contribution in [1.82, 2.24) is 4.57 Å². The van der Waals surface area contributed by atoms with Crippen molar-refractivity contribution in [3.63, 3.8) is 0 Å². The summed E-state index contributed by atoms with van der Waals surface area (Å²) >= 11 is 0. The molecule has 1 aromatic heterocycles. The van der Waals surface area contributed by atoms with Crippen LogP contribution in [-0.4, -0.2) is 16.3 Å². The number of aromatic nitrogens is 1. The van der Waals surface area contributed by atoms with E-state index in [-0.39, 0.29) is 29.9 Å². The van der Waals surface area contributed by atoms with Crippen molar-refractivity contribution >= 4 is 17.4 Å². The Morgan fingerprint density at radius 3 is 2.37 bits per heavy atom. The van der Waals surface area contributed by atoms with Crippen LogP contribution in [0.4, 0.5) is 23.2 Å². The minimum atomic E-state index is -4.75. The second kappa shape index (κ2) is 5.83. The second-order valence-electron chi connectivity index (χ2n) is 7.43. The summed E-state index contributed by atoms with van der Waals surface area (Å²) in [5, 5.41) is 0. The van der Waals surface area contributed by atoms with Crippen LogP contribution < -0.4 is 11.5 Å². The van der Waals surface area contributed by atoms with Gasteiger partial charge >= 0.3 is 6.18 Å². The van der Waals surface area contributed by atoms with Crippen molar-refractivity contribution < 1.29 is 27.2 Å². The number of nitrogen functional groups attached to an aromatic ring is 1. The number of anilines is 1. The van der Waals surface area contributed by atoms with E-state index in [1.807, 2.05) is 0 Å². The fourth-order valence-electron chi connectivity index (χ4n) is 3.53. The number of carbonyl (C=O) groups excluding carboxylic acids is 2. The van der Waals surface area contributed by atoms with Gasteiger partial charge in [-0.15, -0.1) is 0 Å². The maximum Gasteiger partial charge on any atom is 0.418 e. The molecular formula is C18H17F4N3O2. The van der Waals surface area contributed by atoms with Gasteiger partial charge in [0.05, 0.1) is 22.4 Å². The molecule has 0 spiro atoms. The normalized spacial score (nSPS) is 16.3. The van der Waals surface area contributed by atoms with Gasteiger partial charge in [0, 0.05) is 24.0 Å². The lowest BCUT2D eigenvalue weighted by Crippen LogP contribution is -2.29. The quantitative estimate of drug-likeness (QED) is 0.615. The Balaban J connectivity index is 2.30. The van der Waals surface area contributed by atoms with E-state index < -0.39 is 45.8 Å². The predicted octanol–water partition coefficient (Wildman–Crippen LogP) is 3.47. The molecule has 1 aliphatic rings. The average molecular weight is 383 g/mol. The van der Waals surface area contributed by atoms with Crippen LogP contribution in [-0.2, 0) is 12.6 Å². The third-order valence-electron chi connectivity index (χ3n) is 4.61. The SMILES string of the molecule is CC1(C)CC(=O)c2c(C(F)(F)F)cn(-c3cc(N)c(C(N)=O)c(F)c3)c2C1. The van der Waals surface area contributed by atoms with Gasteiger partial charge in [0.2, 0.25) is 0 Å². The highest BCUT2D eigenvalue weighted by Crippen LogP contribution is 2.43. The number of fused-ring (bicyclic) bond motifs is 1. The molecule has 0 fully saturated rings. The Bertz CT molecular complexity index is 951. The molecule has 1 aromatic carbocycles. The molecular weight excluding hydrogens is 366 g/mol. The van der Waals surface area contributed by atoms with Gasteiger partial charge < -0.3 is 16.0 Å². The zero-order valence-electron chi connectivity index (χ0n) is 14.6. The van der Waals surface area contributed by atoms with Gasteiger partial charge in [-0.3, -0.25) is 9.59 Å². The van der Waals surface area contributed by atoms with Crippen molar-refractivity contribution in [3.8, 4) is 5.69 Å². The number of ketones is 1. The number of Topliss-reactive ketones (excluding diaryl/α,β-unsaturated/α-hetero) is 1. The molecule has 144 valence electrons. The minimum Gasteiger partial charge on any atom is -0.398 e. The molecule has 0 radical (unpaired) electrons. The molecule has 27 heavy (non-hydrogen) atoms. The molecule has 0 saturated heterocycles. The molecule has 4 N–H and O–H groups in total. The number of alkyl halides is 3. The van der Waals surface area contributed by atoms with Gasteiger partial charge in [0.25, 0.3) is 5.91 Å². The molecule has 0 unspecified atom stereocenters. The lowest BCUT2D eigenvalue weighted by molar-refractivity contribution is -0.137. The van der Waals surface area contributed by atoms with Gasteiger partial charge in [0.15, 0.2) is 5.78 Å². The first kappa shape index (κ1) is 18.9. The van der Waals surface area contributed by atoms with E-state index in [2.05, 4.69) is 0 Å².